The number of aliphatic hydroxyl groups is 2. The van der Waals surface area contributed by atoms with Crippen molar-refractivity contribution in [2.75, 3.05) is 27.3 Å². The fourth-order valence-corrected chi connectivity index (χ4v) is 10.4. The van der Waals surface area contributed by atoms with Crippen LogP contribution in [-0.2, 0) is 9.47 Å². The SMILES string of the molecule is CCN1C[C@]2(C)CC[C@H](O)[C@]34C1[C@H](C[C@H]23)[C@@]1(O)C[C@H](OC)[C@H]2C[C@@H]4[C@@H]1[C@H]2OC. The van der Waals surface area contributed by atoms with Gasteiger partial charge in [-0.25, -0.2) is 0 Å². The van der Waals surface area contributed by atoms with Crippen molar-refractivity contribution in [1.29, 1.82) is 0 Å². The average molecular weight is 392 g/mol. The number of methoxy groups -OCH3 is 2. The van der Waals surface area contributed by atoms with Gasteiger partial charge in [0.1, 0.15) is 0 Å². The third kappa shape index (κ3) is 1.73. The fourth-order valence-electron chi connectivity index (χ4n) is 10.4. The Bertz CT molecular complexity index is 688. The summed E-state index contributed by atoms with van der Waals surface area (Å²) in [7, 11) is 3.61. The first-order valence-electron chi connectivity index (χ1n) is 11.6. The highest BCUT2D eigenvalue weighted by molar-refractivity contribution is 5.32. The molecule has 5 nitrogen and oxygen atoms in total. The molecule has 0 amide bonds. The van der Waals surface area contributed by atoms with Gasteiger partial charge >= 0.3 is 0 Å². The third-order valence-corrected chi connectivity index (χ3v) is 10.9. The molecule has 6 rings (SSSR count). The molecule has 1 saturated heterocycles. The first-order valence-corrected chi connectivity index (χ1v) is 11.6. The number of hydrogen-bond donors (Lipinski definition) is 2. The van der Waals surface area contributed by atoms with Crippen molar-refractivity contribution >= 4 is 0 Å². The number of ether oxygens (including phenoxy) is 2. The van der Waals surface area contributed by atoms with Crippen LogP contribution in [0.3, 0.4) is 0 Å². The number of fused-ring (bicyclic) bond motifs is 2. The number of aliphatic hydroxyl groups excluding tert-OH is 1. The Hall–Kier alpha value is -0.200. The lowest BCUT2D eigenvalue weighted by Crippen LogP contribution is -2.75. The van der Waals surface area contributed by atoms with Gasteiger partial charge in [0, 0.05) is 56.4 Å². The molecule has 6 aliphatic rings. The maximum Gasteiger partial charge on any atom is 0.0771 e. The van der Waals surface area contributed by atoms with Gasteiger partial charge in [-0.2, -0.15) is 0 Å². The van der Waals surface area contributed by atoms with Crippen LogP contribution in [0.15, 0.2) is 0 Å². The van der Waals surface area contributed by atoms with E-state index < -0.39 is 5.60 Å². The van der Waals surface area contributed by atoms with Crippen LogP contribution in [0.5, 0.6) is 0 Å². The smallest absolute Gasteiger partial charge is 0.0771 e. The van der Waals surface area contributed by atoms with Crippen LogP contribution in [0.4, 0.5) is 0 Å². The number of piperidine rings is 1. The van der Waals surface area contributed by atoms with E-state index in [1.165, 1.54) is 0 Å². The molecule has 1 aliphatic heterocycles. The third-order valence-electron chi connectivity index (χ3n) is 10.9. The van der Waals surface area contributed by atoms with Gasteiger partial charge in [0.15, 0.2) is 0 Å². The van der Waals surface area contributed by atoms with E-state index in [-0.39, 0.29) is 41.0 Å². The molecule has 5 aliphatic carbocycles. The Balaban J connectivity index is 1.59. The molecule has 0 aromatic rings. The fraction of sp³-hybridized carbons (Fsp3) is 1.00. The molecule has 0 radical (unpaired) electrons. The molecular formula is C23H37NO4. The zero-order valence-electron chi connectivity index (χ0n) is 17.8. The monoisotopic (exact) mass is 391 g/mol. The van der Waals surface area contributed by atoms with E-state index in [2.05, 4.69) is 18.7 Å². The molecule has 5 saturated carbocycles. The molecular weight excluding hydrogens is 354 g/mol. The van der Waals surface area contributed by atoms with Crippen LogP contribution in [0, 0.1) is 40.4 Å². The maximum absolute atomic E-state index is 12.4. The average Bonchev–Trinajstić information content (AvgIpc) is 3.16. The van der Waals surface area contributed by atoms with Gasteiger partial charge in [0.05, 0.1) is 23.9 Å². The first-order chi connectivity index (χ1) is 13.4. The van der Waals surface area contributed by atoms with Crippen molar-refractivity contribution in [1.82, 2.24) is 4.90 Å². The van der Waals surface area contributed by atoms with Crippen molar-refractivity contribution < 1.29 is 19.7 Å². The summed E-state index contributed by atoms with van der Waals surface area (Å²) >= 11 is 0. The quantitative estimate of drug-likeness (QED) is 0.770. The first kappa shape index (κ1) is 18.6. The van der Waals surface area contributed by atoms with Gasteiger partial charge in [0.2, 0.25) is 0 Å². The predicted octanol–water partition coefficient (Wildman–Crippen LogP) is 1.90. The second-order valence-electron chi connectivity index (χ2n) is 11.3. The predicted molar refractivity (Wildman–Crippen MR) is 105 cm³/mol. The second kappa shape index (κ2) is 5.53. The van der Waals surface area contributed by atoms with E-state index in [1.807, 2.05) is 7.11 Å². The standard InChI is InChI=1S/C23H37NO4/c1-5-24-11-21(2)7-6-17(25)23-13-8-12-15(27-3)10-22(26,18(13)19(12)28-4)14(20(23)24)9-16(21)23/h12-20,25-26H,5-11H2,1-4H3/t12-,13-,14+,15+,16-,17+,18-,19+,20?,21+,22+,23-/m1/s1. The Morgan fingerprint density at radius 3 is 2.61 bits per heavy atom. The number of likely N-dealkylation sites (tertiary alicyclic amines) is 1. The summed E-state index contributed by atoms with van der Waals surface area (Å²) in [6, 6.07) is 0.309. The van der Waals surface area contributed by atoms with Gasteiger partial charge < -0.3 is 19.7 Å². The van der Waals surface area contributed by atoms with Crippen molar-refractivity contribution in [3.63, 3.8) is 0 Å². The second-order valence-corrected chi connectivity index (χ2v) is 11.3. The zero-order valence-corrected chi connectivity index (χ0v) is 17.8. The molecule has 1 spiro atoms. The maximum atomic E-state index is 12.4. The van der Waals surface area contributed by atoms with E-state index in [0.717, 1.165) is 45.2 Å². The van der Waals surface area contributed by atoms with Crippen molar-refractivity contribution in [2.45, 2.75) is 75.9 Å². The molecule has 12 atom stereocenters. The number of rotatable bonds is 3. The summed E-state index contributed by atoms with van der Waals surface area (Å²) < 4.78 is 12.0. The lowest BCUT2D eigenvalue weighted by molar-refractivity contribution is -0.268. The van der Waals surface area contributed by atoms with E-state index in [9.17, 15) is 10.2 Å². The van der Waals surface area contributed by atoms with Crippen LogP contribution in [0.25, 0.3) is 0 Å². The van der Waals surface area contributed by atoms with Gasteiger partial charge in [-0.15, -0.1) is 0 Å². The highest BCUT2D eigenvalue weighted by atomic mass is 16.5. The highest BCUT2D eigenvalue weighted by Crippen LogP contribution is 2.78. The molecule has 2 N–H and O–H groups in total. The van der Waals surface area contributed by atoms with Gasteiger partial charge in [-0.05, 0) is 49.5 Å². The highest BCUT2D eigenvalue weighted by Gasteiger charge is 2.83. The molecule has 0 aromatic carbocycles. The molecule has 6 fully saturated rings. The minimum Gasteiger partial charge on any atom is -0.392 e. The van der Waals surface area contributed by atoms with Crippen LogP contribution < -0.4 is 0 Å². The summed E-state index contributed by atoms with van der Waals surface area (Å²) in [5.74, 6) is 1.58. The summed E-state index contributed by atoms with van der Waals surface area (Å²) in [5, 5.41) is 24.0. The lowest BCUT2D eigenvalue weighted by atomic mass is 9.43. The summed E-state index contributed by atoms with van der Waals surface area (Å²) in [4.78, 5) is 2.65. The molecule has 0 aromatic heterocycles. The molecule has 158 valence electrons. The Kier molecular flexibility index (Phi) is 3.67. The Morgan fingerprint density at radius 1 is 1.14 bits per heavy atom. The Morgan fingerprint density at radius 2 is 1.93 bits per heavy atom. The molecule has 1 unspecified atom stereocenters. The van der Waals surface area contributed by atoms with Crippen LogP contribution >= 0.6 is 0 Å². The summed E-state index contributed by atoms with van der Waals surface area (Å²) in [6.07, 6.45) is 4.75. The normalized spacial score (nSPS) is 64.3. The number of nitrogens with zero attached hydrogens (tertiary/aromatic N) is 1. The van der Waals surface area contributed by atoms with Crippen molar-refractivity contribution in [3.8, 4) is 0 Å². The lowest BCUT2D eigenvalue weighted by Gasteiger charge is -2.68. The summed E-state index contributed by atoms with van der Waals surface area (Å²) in [5.41, 5.74) is -0.543. The van der Waals surface area contributed by atoms with Crippen molar-refractivity contribution in [3.05, 3.63) is 0 Å². The zero-order chi connectivity index (χ0) is 19.6. The van der Waals surface area contributed by atoms with Crippen LogP contribution in [-0.4, -0.2) is 72.4 Å². The molecule has 7 bridgehead atoms. The van der Waals surface area contributed by atoms with Gasteiger partial charge in [-0.1, -0.05) is 13.8 Å². The van der Waals surface area contributed by atoms with Crippen molar-refractivity contribution in [2.24, 2.45) is 40.4 Å². The largest absolute Gasteiger partial charge is 0.392 e. The Labute approximate surface area is 168 Å². The topological polar surface area (TPSA) is 62.2 Å². The minimum absolute atomic E-state index is 0.0580. The number of hydrogen-bond acceptors (Lipinski definition) is 5. The van der Waals surface area contributed by atoms with Gasteiger partial charge in [-0.3, -0.25) is 4.90 Å². The van der Waals surface area contributed by atoms with Crippen LogP contribution in [0.1, 0.15) is 46.0 Å². The van der Waals surface area contributed by atoms with Crippen LogP contribution in [0.2, 0.25) is 0 Å². The van der Waals surface area contributed by atoms with E-state index in [1.54, 1.807) is 7.11 Å². The van der Waals surface area contributed by atoms with E-state index in [0.29, 0.717) is 23.8 Å². The molecule has 28 heavy (non-hydrogen) atoms. The molecule has 5 heteroatoms. The van der Waals surface area contributed by atoms with E-state index in [4.69, 9.17) is 9.47 Å². The minimum atomic E-state index is -0.731. The van der Waals surface area contributed by atoms with Gasteiger partial charge in [0.25, 0.3) is 0 Å². The van der Waals surface area contributed by atoms with E-state index >= 15 is 0 Å². The summed E-state index contributed by atoms with van der Waals surface area (Å²) in [6.45, 7) is 6.88. The molecule has 1 heterocycles.